The maximum absolute atomic E-state index is 9.26. The van der Waals surface area contributed by atoms with Gasteiger partial charge in [-0.15, -0.1) is 11.8 Å². The number of aromatic nitrogens is 2. The average molecular weight is 286 g/mol. The number of thioether (sulfide) groups is 1. The Morgan fingerprint density at radius 2 is 2.15 bits per heavy atom. The Morgan fingerprint density at radius 1 is 1.40 bits per heavy atom. The second kappa shape index (κ2) is 6.26. The fourth-order valence-corrected chi connectivity index (χ4v) is 2.32. The van der Waals surface area contributed by atoms with Gasteiger partial charge in [0, 0.05) is 12.6 Å². The molecule has 0 unspecified atom stereocenters. The Morgan fingerprint density at radius 3 is 2.75 bits per heavy atom. The normalized spacial score (nSPS) is 11.7. The van der Waals surface area contributed by atoms with Crippen molar-refractivity contribution in [3.63, 3.8) is 0 Å². The van der Waals surface area contributed by atoms with Gasteiger partial charge < -0.3 is 9.84 Å². The Kier molecular flexibility index (Phi) is 4.43. The summed E-state index contributed by atoms with van der Waals surface area (Å²) < 4.78 is 5.22. The smallest absolute Gasteiger partial charge is 0.271 e. The second-order valence-corrected chi connectivity index (χ2v) is 4.82. The van der Waals surface area contributed by atoms with E-state index in [4.69, 9.17) is 4.52 Å². The first-order valence-electron chi connectivity index (χ1n) is 5.97. The van der Waals surface area contributed by atoms with Crippen LogP contribution < -0.4 is 5.32 Å². The third-order valence-corrected chi connectivity index (χ3v) is 3.61. The number of aryl methyl sites for hydroxylation is 1. The summed E-state index contributed by atoms with van der Waals surface area (Å²) in [5.74, 6) is 0.715. The van der Waals surface area contributed by atoms with E-state index in [0.29, 0.717) is 16.4 Å². The highest BCUT2D eigenvalue weighted by Crippen LogP contribution is 2.25. The van der Waals surface area contributed by atoms with Crippen LogP contribution in [0.5, 0.6) is 0 Å². The van der Waals surface area contributed by atoms with Crippen LogP contribution in [-0.4, -0.2) is 23.4 Å². The molecule has 0 bridgehead atoms. The van der Waals surface area contributed by atoms with Crippen LogP contribution in [0.4, 0.5) is 0 Å². The molecule has 0 amide bonds. The molecule has 0 saturated carbocycles. The van der Waals surface area contributed by atoms with Crippen molar-refractivity contribution < 1.29 is 4.52 Å². The van der Waals surface area contributed by atoms with E-state index in [2.05, 4.69) is 21.5 Å². The quantitative estimate of drug-likeness (QED) is 0.871. The summed E-state index contributed by atoms with van der Waals surface area (Å²) in [5, 5.41) is 16.9. The van der Waals surface area contributed by atoms with Crippen molar-refractivity contribution in [3.8, 4) is 17.5 Å². The molecule has 0 radical (unpaired) electrons. The third kappa shape index (κ3) is 2.68. The zero-order valence-corrected chi connectivity index (χ0v) is 12.3. The first-order valence-corrected chi connectivity index (χ1v) is 7.20. The highest BCUT2D eigenvalue weighted by molar-refractivity contribution is 8.02. The van der Waals surface area contributed by atoms with Crippen LogP contribution in [0.25, 0.3) is 17.0 Å². The average Bonchev–Trinajstić information content (AvgIpc) is 2.94. The van der Waals surface area contributed by atoms with Gasteiger partial charge in [-0.05, 0) is 18.7 Å². The van der Waals surface area contributed by atoms with Crippen LogP contribution >= 0.6 is 11.8 Å². The van der Waals surface area contributed by atoms with Crippen molar-refractivity contribution in [3.05, 3.63) is 40.7 Å². The molecule has 0 aliphatic rings. The highest BCUT2D eigenvalue weighted by atomic mass is 32.2. The SMILES string of the molecule is CNC(SC)=C(C#N)c1nc(-c2ccccc2C)no1. The molecule has 1 aromatic heterocycles. The minimum atomic E-state index is 0.226. The molecule has 2 rings (SSSR count). The number of rotatable bonds is 4. The highest BCUT2D eigenvalue weighted by Gasteiger charge is 2.17. The largest absolute Gasteiger partial charge is 0.382 e. The molecule has 2 aromatic rings. The minimum Gasteiger partial charge on any atom is -0.382 e. The van der Waals surface area contributed by atoms with Crippen LogP contribution in [0.3, 0.4) is 0 Å². The Hall–Kier alpha value is -2.26. The molecule has 0 spiro atoms. The molecule has 1 aromatic carbocycles. The van der Waals surface area contributed by atoms with Crippen LogP contribution in [0, 0.1) is 18.3 Å². The number of hydrogen-bond acceptors (Lipinski definition) is 6. The molecule has 0 aliphatic heterocycles. The lowest BCUT2D eigenvalue weighted by atomic mass is 10.1. The molecule has 0 saturated heterocycles. The maximum Gasteiger partial charge on any atom is 0.271 e. The van der Waals surface area contributed by atoms with Crippen LogP contribution in [0.15, 0.2) is 33.8 Å². The lowest BCUT2D eigenvalue weighted by Crippen LogP contribution is -2.05. The summed E-state index contributed by atoms with van der Waals surface area (Å²) in [6.07, 6.45) is 1.88. The Bertz CT molecular complexity index is 678. The van der Waals surface area contributed by atoms with E-state index in [1.165, 1.54) is 11.8 Å². The zero-order valence-electron chi connectivity index (χ0n) is 11.5. The van der Waals surface area contributed by atoms with Gasteiger partial charge in [0.2, 0.25) is 5.82 Å². The summed E-state index contributed by atoms with van der Waals surface area (Å²) in [6, 6.07) is 9.87. The van der Waals surface area contributed by atoms with E-state index in [-0.39, 0.29) is 5.89 Å². The van der Waals surface area contributed by atoms with E-state index >= 15 is 0 Å². The molecule has 20 heavy (non-hydrogen) atoms. The van der Waals surface area contributed by atoms with Gasteiger partial charge in [-0.25, -0.2) is 0 Å². The number of nitriles is 1. The molecule has 0 atom stereocenters. The van der Waals surface area contributed by atoms with Crippen molar-refractivity contribution in [1.29, 1.82) is 5.26 Å². The predicted molar refractivity (Wildman–Crippen MR) is 79.6 cm³/mol. The van der Waals surface area contributed by atoms with E-state index < -0.39 is 0 Å². The zero-order chi connectivity index (χ0) is 14.5. The molecule has 102 valence electrons. The Balaban J connectivity index is 2.47. The van der Waals surface area contributed by atoms with E-state index in [1.54, 1.807) is 7.05 Å². The van der Waals surface area contributed by atoms with Gasteiger partial charge in [-0.2, -0.15) is 10.2 Å². The lowest BCUT2D eigenvalue weighted by molar-refractivity contribution is 0.409. The van der Waals surface area contributed by atoms with Gasteiger partial charge >= 0.3 is 0 Å². The summed E-state index contributed by atoms with van der Waals surface area (Å²) >= 11 is 1.42. The predicted octanol–water partition coefficient (Wildman–Crippen LogP) is 2.82. The summed E-state index contributed by atoms with van der Waals surface area (Å²) in [6.45, 7) is 1.98. The number of nitrogens with zero attached hydrogens (tertiary/aromatic N) is 3. The summed E-state index contributed by atoms with van der Waals surface area (Å²) in [7, 11) is 1.75. The maximum atomic E-state index is 9.26. The van der Waals surface area contributed by atoms with E-state index in [9.17, 15) is 5.26 Å². The van der Waals surface area contributed by atoms with Crippen LogP contribution in [0.2, 0.25) is 0 Å². The van der Waals surface area contributed by atoms with Gasteiger partial charge in [0.05, 0.1) is 5.03 Å². The molecule has 0 aliphatic carbocycles. The van der Waals surface area contributed by atoms with Crippen molar-refractivity contribution in [2.24, 2.45) is 0 Å². The number of nitrogens with one attached hydrogen (secondary N) is 1. The van der Waals surface area contributed by atoms with E-state index in [0.717, 1.165) is 11.1 Å². The fraction of sp³-hybridized carbons (Fsp3) is 0.214. The minimum absolute atomic E-state index is 0.226. The number of hydrogen-bond donors (Lipinski definition) is 1. The van der Waals surface area contributed by atoms with Gasteiger partial charge in [0.1, 0.15) is 11.6 Å². The van der Waals surface area contributed by atoms with Gasteiger partial charge in [0.25, 0.3) is 5.89 Å². The molecular weight excluding hydrogens is 272 g/mol. The first-order chi connectivity index (χ1) is 9.71. The lowest BCUT2D eigenvalue weighted by Gasteiger charge is -2.02. The monoisotopic (exact) mass is 286 g/mol. The molecule has 6 heteroatoms. The summed E-state index contributed by atoms with van der Waals surface area (Å²) in [5.41, 5.74) is 2.31. The summed E-state index contributed by atoms with van der Waals surface area (Å²) in [4.78, 5) is 4.32. The van der Waals surface area contributed by atoms with Crippen molar-refractivity contribution in [1.82, 2.24) is 15.5 Å². The van der Waals surface area contributed by atoms with Gasteiger partial charge in [-0.1, -0.05) is 29.4 Å². The van der Waals surface area contributed by atoms with Crippen LogP contribution in [0.1, 0.15) is 11.5 Å². The number of benzene rings is 1. The number of allylic oxidation sites excluding steroid dienone is 1. The topological polar surface area (TPSA) is 74.7 Å². The van der Waals surface area contributed by atoms with Crippen molar-refractivity contribution in [2.45, 2.75) is 6.92 Å². The molecule has 5 nitrogen and oxygen atoms in total. The molecule has 0 fully saturated rings. The molecule has 1 N–H and O–H groups in total. The van der Waals surface area contributed by atoms with Crippen molar-refractivity contribution >= 4 is 17.3 Å². The van der Waals surface area contributed by atoms with Gasteiger partial charge in [-0.3, -0.25) is 0 Å². The second-order valence-electron chi connectivity index (χ2n) is 4.01. The van der Waals surface area contributed by atoms with E-state index in [1.807, 2.05) is 37.4 Å². The fourth-order valence-electron chi connectivity index (χ4n) is 1.78. The Labute approximate surface area is 121 Å². The van der Waals surface area contributed by atoms with Gasteiger partial charge in [0.15, 0.2) is 0 Å². The molecular formula is C14H14N4OS. The van der Waals surface area contributed by atoms with Crippen LogP contribution in [-0.2, 0) is 0 Å². The third-order valence-electron chi connectivity index (χ3n) is 2.80. The molecule has 1 heterocycles. The first kappa shape index (κ1) is 14.2. The van der Waals surface area contributed by atoms with Crippen molar-refractivity contribution in [2.75, 3.05) is 13.3 Å². The standard InChI is InChI=1S/C14H14N4OS/c1-9-6-4-5-7-10(9)12-17-13(19-18-12)11(8-15)14(16-2)20-3/h4-7,16H,1-3H3.